The van der Waals surface area contributed by atoms with E-state index in [4.69, 9.17) is 21.7 Å². The molecule has 0 aliphatic carbocycles. The van der Waals surface area contributed by atoms with Gasteiger partial charge in [-0.1, -0.05) is 66.7 Å². The molecule has 1 aromatic heterocycles. The average molecular weight is 483 g/mol. The molecule has 0 bridgehead atoms. The number of aryl methyl sites for hydroxylation is 1. The van der Waals surface area contributed by atoms with Gasteiger partial charge in [0.05, 0.1) is 19.2 Å². The van der Waals surface area contributed by atoms with Gasteiger partial charge >= 0.3 is 0 Å². The average Bonchev–Trinajstić information content (AvgIpc) is 3.26. The molecule has 0 saturated heterocycles. The van der Waals surface area contributed by atoms with Crippen LogP contribution < -0.4 is 14.9 Å². The van der Waals surface area contributed by atoms with Gasteiger partial charge in [-0.3, -0.25) is 0 Å². The number of rotatable bonds is 8. The Balaban J connectivity index is 1.49. The van der Waals surface area contributed by atoms with Crippen molar-refractivity contribution in [1.82, 2.24) is 14.9 Å². The number of nitrogens with zero attached hydrogens (tertiary/aromatic N) is 2. The maximum atomic E-state index is 6.34. The lowest BCUT2D eigenvalue weighted by Gasteiger charge is -2.17. The number of aromatic amines is 1. The quantitative estimate of drug-likeness (QED) is 0.251. The van der Waals surface area contributed by atoms with Gasteiger partial charge in [0.15, 0.2) is 5.82 Å². The molecule has 35 heavy (non-hydrogen) atoms. The summed E-state index contributed by atoms with van der Waals surface area (Å²) < 4.78 is 14.1. The summed E-state index contributed by atoms with van der Waals surface area (Å²) in [5.41, 5.74) is 7.71. The molecule has 7 heteroatoms. The molecule has 2 N–H and O–H groups in total. The Morgan fingerprint density at radius 1 is 0.914 bits per heavy atom. The van der Waals surface area contributed by atoms with Gasteiger partial charge in [0, 0.05) is 5.56 Å². The molecule has 0 radical (unpaired) electrons. The van der Waals surface area contributed by atoms with Gasteiger partial charge < -0.3 is 14.9 Å². The predicted molar refractivity (Wildman–Crippen MR) is 142 cm³/mol. The van der Waals surface area contributed by atoms with Gasteiger partial charge in [0.2, 0.25) is 4.77 Å². The highest BCUT2D eigenvalue weighted by Crippen LogP contribution is 2.31. The van der Waals surface area contributed by atoms with E-state index < -0.39 is 0 Å². The van der Waals surface area contributed by atoms with Crippen LogP contribution in [0.15, 0.2) is 84.9 Å². The molecule has 1 heterocycles. The topological polar surface area (TPSA) is 64.1 Å². The zero-order valence-electron chi connectivity index (χ0n) is 19.6. The first-order chi connectivity index (χ1) is 17.2. The van der Waals surface area contributed by atoms with E-state index in [0.717, 1.165) is 39.0 Å². The van der Waals surface area contributed by atoms with Gasteiger partial charge in [-0.25, -0.2) is 9.77 Å². The van der Waals surface area contributed by atoms with E-state index in [9.17, 15) is 0 Å². The van der Waals surface area contributed by atoms with Crippen molar-refractivity contribution in [2.75, 3.05) is 12.5 Å². The van der Waals surface area contributed by atoms with Crippen molar-refractivity contribution in [1.29, 1.82) is 0 Å². The molecule has 6 nitrogen and oxygen atoms in total. The summed E-state index contributed by atoms with van der Waals surface area (Å²) in [4.78, 5) is 0. The second-order valence-electron chi connectivity index (χ2n) is 8.20. The van der Waals surface area contributed by atoms with E-state index in [2.05, 4.69) is 52.9 Å². The third-order valence-corrected chi connectivity index (χ3v) is 6.35. The lowest BCUT2D eigenvalue weighted by Crippen LogP contribution is -2.17. The molecule has 0 fully saturated rings. The number of aromatic nitrogens is 3. The van der Waals surface area contributed by atoms with Crippen LogP contribution in [0.25, 0.3) is 22.2 Å². The van der Waals surface area contributed by atoms with Crippen molar-refractivity contribution in [3.8, 4) is 22.9 Å². The molecular formula is C28H26N4O2S. The molecule has 0 spiro atoms. The van der Waals surface area contributed by atoms with Crippen LogP contribution in [0.1, 0.15) is 16.7 Å². The fourth-order valence-corrected chi connectivity index (χ4v) is 4.37. The summed E-state index contributed by atoms with van der Waals surface area (Å²) in [5.74, 6) is 2.19. The number of para-hydroxylation sites is 1. The van der Waals surface area contributed by atoms with Gasteiger partial charge in [-0.15, -0.1) is 0 Å². The van der Waals surface area contributed by atoms with Crippen molar-refractivity contribution < 1.29 is 9.47 Å². The zero-order valence-corrected chi connectivity index (χ0v) is 20.4. The smallest absolute Gasteiger partial charge is 0.214 e. The van der Waals surface area contributed by atoms with E-state index in [1.54, 1.807) is 11.8 Å². The first-order valence-electron chi connectivity index (χ1n) is 11.4. The maximum Gasteiger partial charge on any atom is 0.214 e. The highest BCUT2D eigenvalue weighted by Gasteiger charge is 2.15. The maximum absolute atomic E-state index is 6.34. The standard InChI is InChI=1S/C28H26N4O2S/c1-19-9-3-4-11-21(19)18-34-26-16-15-20-10-5-6-12-22(20)24(26)17-29-32-27(30-31-28(32)35)23-13-7-8-14-25(23)33-2/h3-16,29H,17-18H2,1-2H3,(H,31,35). The summed E-state index contributed by atoms with van der Waals surface area (Å²) in [6.45, 7) is 3.08. The molecule has 0 aliphatic heterocycles. The Hall–Kier alpha value is -4.10. The largest absolute Gasteiger partial charge is 0.496 e. The molecule has 0 aliphatic rings. The fraction of sp³-hybridized carbons (Fsp3) is 0.143. The van der Waals surface area contributed by atoms with Crippen molar-refractivity contribution >= 4 is 23.0 Å². The molecule has 176 valence electrons. The summed E-state index contributed by atoms with van der Waals surface area (Å²) in [6, 6.07) is 28.4. The minimum atomic E-state index is 0.466. The molecule has 4 aromatic carbocycles. The molecule has 0 saturated carbocycles. The van der Waals surface area contributed by atoms with Crippen LogP contribution in [0.4, 0.5) is 0 Å². The second kappa shape index (κ2) is 10.0. The molecule has 0 amide bonds. The van der Waals surface area contributed by atoms with E-state index in [1.807, 2.05) is 54.6 Å². The van der Waals surface area contributed by atoms with Crippen LogP contribution in [0.5, 0.6) is 11.5 Å². The Kier molecular flexibility index (Phi) is 6.50. The Morgan fingerprint density at radius 2 is 1.69 bits per heavy atom. The number of nitrogens with one attached hydrogen (secondary N) is 2. The number of H-pyrrole nitrogens is 1. The Bertz CT molecular complexity index is 1540. The van der Waals surface area contributed by atoms with E-state index in [0.29, 0.717) is 23.7 Å². The third kappa shape index (κ3) is 4.63. The summed E-state index contributed by atoms with van der Waals surface area (Å²) >= 11 is 5.54. The van der Waals surface area contributed by atoms with Crippen molar-refractivity contribution in [2.24, 2.45) is 0 Å². The van der Waals surface area contributed by atoms with Crippen LogP contribution in [0.2, 0.25) is 0 Å². The van der Waals surface area contributed by atoms with Crippen molar-refractivity contribution in [3.05, 3.63) is 106 Å². The lowest BCUT2D eigenvalue weighted by molar-refractivity contribution is 0.303. The van der Waals surface area contributed by atoms with Crippen molar-refractivity contribution in [3.63, 3.8) is 0 Å². The Morgan fingerprint density at radius 3 is 2.54 bits per heavy atom. The number of ether oxygens (including phenoxy) is 2. The number of methoxy groups -OCH3 is 1. The highest BCUT2D eigenvalue weighted by atomic mass is 32.1. The molecule has 5 rings (SSSR count). The number of hydrogen-bond acceptors (Lipinski definition) is 5. The van der Waals surface area contributed by atoms with E-state index in [1.165, 1.54) is 5.56 Å². The number of fused-ring (bicyclic) bond motifs is 1. The summed E-state index contributed by atoms with van der Waals surface area (Å²) in [5, 5.41) is 9.61. The van der Waals surface area contributed by atoms with Crippen LogP contribution in [0, 0.1) is 11.7 Å². The van der Waals surface area contributed by atoms with E-state index >= 15 is 0 Å². The third-order valence-electron chi connectivity index (χ3n) is 6.08. The molecular weight excluding hydrogens is 456 g/mol. The SMILES string of the molecule is COc1ccccc1-c1n[nH]c(=S)n1NCc1c(OCc2ccccc2C)ccc2ccccc12. The monoisotopic (exact) mass is 482 g/mol. The van der Waals surface area contributed by atoms with Crippen molar-refractivity contribution in [2.45, 2.75) is 20.1 Å². The second-order valence-corrected chi connectivity index (χ2v) is 8.59. The first kappa shape index (κ1) is 22.7. The number of benzene rings is 4. The van der Waals surface area contributed by atoms with Gasteiger partial charge in [-0.2, -0.15) is 5.10 Å². The minimum absolute atomic E-state index is 0.466. The fourth-order valence-electron chi connectivity index (χ4n) is 4.17. The Labute approximate surface area is 209 Å². The lowest BCUT2D eigenvalue weighted by atomic mass is 10.0. The van der Waals surface area contributed by atoms with Crippen LogP contribution in [-0.4, -0.2) is 22.0 Å². The van der Waals surface area contributed by atoms with Gasteiger partial charge in [-0.05, 0) is 59.2 Å². The zero-order chi connectivity index (χ0) is 24.2. The number of hydrogen-bond donors (Lipinski definition) is 2. The molecule has 0 unspecified atom stereocenters. The van der Waals surface area contributed by atoms with Crippen LogP contribution in [0.3, 0.4) is 0 Å². The summed E-state index contributed by atoms with van der Waals surface area (Å²) in [6.07, 6.45) is 0. The minimum Gasteiger partial charge on any atom is -0.496 e. The molecule has 5 aromatic rings. The van der Waals surface area contributed by atoms with Gasteiger partial charge in [0.1, 0.15) is 18.1 Å². The summed E-state index contributed by atoms with van der Waals surface area (Å²) in [7, 11) is 1.64. The first-order valence-corrected chi connectivity index (χ1v) is 11.8. The predicted octanol–water partition coefficient (Wildman–Crippen LogP) is 6.40. The van der Waals surface area contributed by atoms with E-state index in [-0.39, 0.29) is 0 Å². The normalized spacial score (nSPS) is 10.9. The van der Waals surface area contributed by atoms with Crippen LogP contribution >= 0.6 is 12.2 Å². The molecule has 0 atom stereocenters. The van der Waals surface area contributed by atoms with Gasteiger partial charge in [0.25, 0.3) is 0 Å². The van der Waals surface area contributed by atoms with Crippen LogP contribution in [-0.2, 0) is 13.2 Å². The highest BCUT2D eigenvalue weighted by molar-refractivity contribution is 7.71.